The summed E-state index contributed by atoms with van der Waals surface area (Å²) in [6, 6.07) is 16.1. The second-order valence-electron chi connectivity index (χ2n) is 3.63. The Morgan fingerprint density at radius 2 is 1.00 bits per heavy atom. The Kier molecular flexibility index (Phi) is 5.89. The van der Waals surface area contributed by atoms with Gasteiger partial charge in [-0.1, -0.05) is 36.4 Å². The van der Waals surface area contributed by atoms with Crippen LogP contribution in [0.3, 0.4) is 0 Å². The number of halogens is 2. The van der Waals surface area contributed by atoms with Crippen molar-refractivity contribution in [3.63, 3.8) is 0 Å². The van der Waals surface area contributed by atoms with Gasteiger partial charge in [-0.25, -0.2) is 0 Å². The lowest BCUT2D eigenvalue weighted by molar-refractivity contribution is 0.475. The van der Waals surface area contributed by atoms with Gasteiger partial charge in [-0.2, -0.15) is 0 Å². The van der Waals surface area contributed by atoms with E-state index in [1.165, 1.54) is 0 Å². The summed E-state index contributed by atoms with van der Waals surface area (Å²) in [5.74, 6) is 1.85. The van der Waals surface area contributed by atoms with E-state index in [4.69, 9.17) is 4.74 Å². The van der Waals surface area contributed by atoms with Gasteiger partial charge in [0.05, 0.1) is 0 Å². The Morgan fingerprint density at radius 3 is 1.35 bits per heavy atom. The molecule has 0 amide bonds. The van der Waals surface area contributed by atoms with Crippen molar-refractivity contribution < 1.29 is 14.1 Å². The van der Waals surface area contributed by atoms with E-state index in [1.54, 1.807) is 0 Å². The highest BCUT2D eigenvalue weighted by Gasteiger charge is 2.01. The first-order chi connectivity index (χ1) is 7.27. The molecule has 1 nitrogen and oxygen atoms in total. The average molecular weight is 238 g/mol. The van der Waals surface area contributed by atoms with Crippen molar-refractivity contribution in [1.82, 2.24) is 0 Å². The summed E-state index contributed by atoms with van der Waals surface area (Å²) in [5.41, 5.74) is 2.31. The molecular weight excluding hydrogens is 222 g/mol. The maximum absolute atomic E-state index is 5.84. The molecule has 0 aliphatic carbocycles. The van der Waals surface area contributed by atoms with Crippen LogP contribution in [0.25, 0.3) is 0 Å². The number of para-hydroxylation sites is 2. The van der Waals surface area contributed by atoms with Gasteiger partial charge in [-0.05, 0) is 37.1 Å². The van der Waals surface area contributed by atoms with Crippen molar-refractivity contribution in [3.05, 3.63) is 59.7 Å². The number of hydrogen-bond donors (Lipinski definition) is 0. The SMILES string of the molecule is Cc1ccccc1Oc1ccccc1C.F.F. The Balaban J connectivity index is 0.00000128. The molecule has 2 aromatic carbocycles. The molecule has 3 heteroatoms. The highest BCUT2D eigenvalue weighted by Crippen LogP contribution is 2.26. The molecule has 0 saturated heterocycles. The molecule has 0 aliphatic heterocycles. The third kappa shape index (κ3) is 3.55. The lowest BCUT2D eigenvalue weighted by Crippen LogP contribution is -1.88. The maximum atomic E-state index is 5.84. The van der Waals surface area contributed by atoms with Gasteiger partial charge >= 0.3 is 0 Å². The Bertz CT molecular complexity index is 426. The molecule has 2 rings (SSSR count). The first-order valence-electron chi connectivity index (χ1n) is 5.06. The number of ether oxygens (including phenoxy) is 1. The molecule has 0 saturated carbocycles. The molecule has 0 radical (unpaired) electrons. The van der Waals surface area contributed by atoms with Crippen LogP contribution < -0.4 is 4.74 Å². The van der Waals surface area contributed by atoms with Crippen molar-refractivity contribution in [2.45, 2.75) is 13.8 Å². The zero-order valence-electron chi connectivity index (χ0n) is 9.84. The minimum atomic E-state index is 0. The molecule has 2 aromatic rings. The lowest BCUT2D eigenvalue weighted by atomic mass is 10.2. The summed E-state index contributed by atoms with van der Waals surface area (Å²) in [6.45, 7) is 4.10. The van der Waals surface area contributed by atoms with Crippen molar-refractivity contribution in [2.75, 3.05) is 0 Å². The summed E-state index contributed by atoms with van der Waals surface area (Å²) in [6.07, 6.45) is 0. The highest BCUT2D eigenvalue weighted by atomic mass is 19.0. The van der Waals surface area contributed by atoms with Crippen LogP contribution in [-0.4, -0.2) is 0 Å². The minimum absolute atomic E-state index is 0. The summed E-state index contributed by atoms with van der Waals surface area (Å²) < 4.78 is 5.84. The standard InChI is InChI=1S/C14H14O.2FH/c1-11-7-3-5-9-13(11)15-14-10-6-4-8-12(14)2;;/h3-10H,1-2H3;2*1H. The van der Waals surface area contributed by atoms with Crippen molar-refractivity contribution in [2.24, 2.45) is 0 Å². The summed E-state index contributed by atoms with van der Waals surface area (Å²) >= 11 is 0. The van der Waals surface area contributed by atoms with Gasteiger partial charge in [0, 0.05) is 0 Å². The number of hydrogen-bond acceptors (Lipinski definition) is 1. The molecule has 0 aliphatic rings. The first-order valence-corrected chi connectivity index (χ1v) is 5.06. The van der Waals surface area contributed by atoms with Gasteiger partial charge in [-0.3, -0.25) is 9.41 Å². The van der Waals surface area contributed by atoms with E-state index < -0.39 is 0 Å². The van der Waals surface area contributed by atoms with Gasteiger partial charge < -0.3 is 4.74 Å². The van der Waals surface area contributed by atoms with Crippen LogP contribution >= 0.6 is 0 Å². The van der Waals surface area contributed by atoms with Crippen molar-refractivity contribution in [3.8, 4) is 11.5 Å². The monoisotopic (exact) mass is 238 g/mol. The zero-order chi connectivity index (χ0) is 10.7. The smallest absolute Gasteiger partial charge is 0.130 e. The molecule has 0 bridgehead atoms. The normalized spacial score (nSPS) is 8.82. The second kappa shape index (κ2) is 6.63. The molecule has 0 unspecified atom stereocenters. The largest absolute Gasteiger partial charge is 0.457 e. The first kappa shape index (κ1) is 15.1. The Hall–Kier alpha value is -1.90. The van der Waals surface area contributed by atoms with Gasteiger partial charge in [0.2, 0.25) is 0 Å². The van der Waals surface area contributed by atoms with E-state index >= 15 is 0 Å². The average Bonchev–Trinajstić information content (AvgIpc) is 2.24. The molecule has 0 heterocycles. The van der Waals surface area contributed by atoms with Crippen LogP contribution in [0.15, 0.2) is 48.5 Å². The van der Waals surface area contributed by atoms with Gasteiger partial charge in [0.15, 0.2) is 0 Å². The van der Waals surface area contributed by atoms with Crippen LogP contribution in [0.2, 0.25) is 0 Å². The van der Waals surface area contributed by atoms with Crippen LogP contribution in [-0.2, 0) is 0 Å². The number of benzene rings is 2. The molecule has 0 spiro atoms. The molecule has 92 valence electrons. The quantitative estimate of drug-likeness (QED) is 0.753. The van der Waals surface area contributed by atoms with E-state index in [0.29, 0.717) is 0 Å². The van der Waals surface area contributed by atoms with Crippen LogP contribution in [0.4, 0.5) is 9.41 Å². The van der Waals surface area contributed by atoms with E-state index in [-0.39, 0.29) is 9.41 Å². The molecular formula is C14H16F2O. The number of aryl methyl sites for hydroxylation is 2. The minimum Gasteiger partial charge on any atom is -0.457 e. The van der Waals surface area contributed by atoms with Crippen molar-refractivity contribution in [1.29, 1.82) is 0 Å². The predicted molar refractivity (Wildman–Crippen MR) is 67.4 cm³/mol. The molecule has 0 fully saturated rings. The third-order valence-electron chi connectivity index (χ3n) is 2.41. The lowest BCUT2D eigenvalue weighted by Gasteiger charge is -2.10. The Morgan fingerprint density at radius 1 is 0.647 bits per heavy atom. The van der Waals surface area contributed by atoms with Crippen LogP contribution in [0.5, 0.6) is 11.5 Å². The van der Waals surface area contributed by atoms with E-state index in [9.17, 15) is 0 Å². The summed E-state index contributed by atoms with van der Waals surface area (Å²) in [4.78, 5) is 0. The fourth-order valence-electron chi connectivity index (χ4n) is 1.46. The van der Waals surface area contributed by atoms with E-state index in [2.05, 4.69) is 0 Å². The summed E-state index contributed by atoms with van der Waals surface area (Å²) in [5, 5.41) is 0. The summed E-state index contributed by atoms with van der Waals surface area (Å²) in [7, 11) is 0. The van der Waals surface area contributed by atoms with Gasteiger partial charge in [0.1, 0.15) is 11.5 Å². The molecule has 0 N–H and O–H groups in total. The topological polar surface area (TPSA) is 9.23 Å². The predicted octanol–water partition coefficient (Wildman–Crippen LogP) is 4.40. The maximum Gasteiger partial charge on any atom is 0.130 e. The fourth-order valence-corrected chi connectivity index (χ4v) is 1.46. The van der Waals surface area contributed by atoms with Crippen LogP contribution in [0, 0.1) is 13.8 Å². The highest BCUT2D eigenvalue weighted by molar-refractivity contribution is 5.40. The van der Waals surface area contributed by atoms with Crippen molar-refractivity contribution >= 4 is 0 Å². The molecule has 0 atom stereocenters. The molecule has 0 aromatic heterocycles. The molecule has 17 heavy (non-hydrogen) atoms. The van der Waals surface area contributed by atoms with Gasteiger partial charge in [0.25, 0.3) is 0 Å². The zero-order valence-corrected chi connectivity index (χ0v) is 9.84. The fraction of sp³-hybridized carbons (Fsp3) is 0.143. The van der Waals surface area contributed by atoms with Gasteiger partial charge in [-0.15, -0.1) is 0 Å². The number of rotatable bonds is 2. The Labute approximate surface area is 99.8 Å². The van der Waals surface area contributed by atoms with E-state index in [1.807, 2.05) is 62.4 Å². The van der Waals surface area contributed by atoms with E-state index in [0.717, 1.165) is 22.6 Å². The third-order valence-corrected chi connectivity index (χ3v) is 2.41. The second-order valence-corrected chi connectivity index (χ2v) is 3.63. The van der Waals surface area contributed by atoms with Crippen LogP contribution in [0.1, 0.15) is 11.1 Å².